The Labute approximate surface area is 133 Å². The highest BCUT2D eigenvalue weighted by Crippen LogP contribution is 2.22. The maximum Gasteiger partial charge on any atom is 0.321 e. The van der Waals surface area contributed by atoms with Crippen molar-refractivity contribution in [3.8, 4) is 0 Å². The number of nitrogens with zero attached hydrogens (tertiary/aromatic N) is 2. The molecule has 0 saturated heterocycles. The molecule has 1 aromatic heterocycles. The minimum absolute atomic E-state index is 0.0258. The zero-order chi connectivity index (χ0) is 16.1. The Kier molecular flexibility index (Phi) is 5.32. The van der Waals surface area contributed by atoms with Gasteiger partial charge in [0.25, 0.3) is 0 Å². The fourth-order valence-corrected chi connectivity index (χ4v) is 2.54. The number of fused-ring (bicyclic) bond motifs is 1. The summed E-state index contributed by atoms with van der Waals surface area (Å²) >= 11 is 1.26. The first kappa shape index (κ1) is 16.2. The summed E-state index contributed by atoms with van der Waals surface area (Å²) in [6.45, 7) is 5.37. The third-order valence-corrected chi connectivity index (χ3v) is 3.76. The number of thioether (sulfide) groups is 1. The van der Waals surface area contributed by atoms with Crippen molar-refractivity contribution < 1.29 is 9.59 Å². The Morgan fingerprint density at radius 2 is 1.82 bits per heavy atom. The molecule has 0 aliphatic heterocycles. The van der Waals surface area contributed by atoms with Crippen molar-refractivity contribution in [2.24, 2.45) is 0 Å². The maximum atomic E-state index is 12.0. The molecule has 2 rings (SSSR count). The lowest BCUT2D eigenvalue weighted by molar-refractivity contribution is -0.119. The van der Waals surface area contributed by atoms with Gasteiger partial charge in [0.15, 0.2) is 0 Å². The van der Waals surface area contributed by atoms with Crippen LogP contribution in [0, 0.1) is 0 Å². The van der Waals surface area contributed by atoms with Crippen molar-refractivity contribution in [2.45, 2.75) is 37.1 Å². The van der Waals surface area contributed by atoms with Gasteiger partial charge in [0, 0.05) is 6.04 Å². The number of para-hydroxylation sites is 2. The monoisotopic (exact) mass is 318 g/mol. The summed E-state index contributed by atoms with van der Waals surface area (Å²) in [5.74, 6) is -0.363. The Hall–Kier alpha value is -2.15. The number of carbonyl (C=O) groups excluding carboxylic acids is 2. The van der Waals surface area contributed by atoms with Crippen LogP contribution in [0.4, 0.5) is 4.79 Å². The summed E-state index contributed by atoms with van der Waals surface area (Å²) in [6.07, 6.45) is 1.63. The minimum Gasteiger partial charge on any atom is -0.336 e. The van der Waals surface area contributed by atoms with Crippen molar-refractivity contribution in [2.75, 3.05) is 0 Å². The van der Waals surface area contributed by atoms with Gasteiger partial charge in [-0.2, -0.15) is 0 Å². The smallest absolute Gasteiger partial charge is 0.321 e. The number of amides is 3. The fraction of sp³-hybridized carbons (Fsp3) is 0.333. The molecule has 3 amide bonds. The second-order valence-electron chi connectivity index (χ2n) is 5.07. The molecule has 0 bridgehead atoms. The topological polar surface area (TPSA) is 84.0 Å². The second kappa shape index (κ2) is 7.22. The van der Waals surface area contributed by atoms with E-state index in [-0.39, 0.29) is 11.9 Å². The molecule has 22 heavy (non-hydrogen) atoms. The summed E-state index contributed by atoms with van der Waals surface area (Å²) in [6, 6.07) is 7.01. The summed E-state index contributed by atoms with van der Waals surface area (Å²) in [5, 5.41) is 5.11. The predicted octanol–water partition coefficient (Wildman–Crippen LogP) is 2.34. The van der Waals surface area contributed by atoms with Crippen molar-refractivity contribution in [3.63, 3.8) is 0 Å². The van der Waals surface area contributed by atoms with E-state index in [1.54, 1.807) is 13.1 Å². The van der Waals surface area contributed by atoms with Crippen LogP contribution in [0.3, 0.4) is 0 Å². The van der Waals surface area contributed by atoms with Gasteiger partial charge in [-0.05, 0) is 32.9 Å². The number of nitrogens with one attached hydrogen (secondary N) is 2. The van der Waals surface area contributed by atoms with Gasteiger partial charge in [-0.25, -0.2) is 9.78 Å². The average Bonchev–Trinajstić information content (AvgIpc) is 2.46. The molecule has 1 atom stereocenters. The lowest BCUT2D eigenvalue weighted by Crippen LogP contribution is -2.45. The molecular weight excluding hydrogens is 300 g/mol. The predicted molar refractivity (Wildman–Crippen MR) is 86.7 cm³/mol. The van der Waals surface area contributed by atoms with Gasteiger partial charge < -0.3 is 5.32 Å². The lowest BCUT2D eigenvalue weighted by atomic mass is 10.3. The molecule has 2 N–H and O–H groups in total. The van der Waals surface area contributed by atoms with E-state index in [9.17, 15) is 9.59 Å². The molecule has 7 heteroatoms. The Morgan fingerprint density at radius 1 is 1.14 bits per heavy atom. The van der Waals surface area contributed by atoms with Crippen LogP contribution >= 0.6 is 11.8 Å². The zero-order valence-corrected chi connectivity index (χ0v) is 13.5. The number of benzene rings is 1. The van der Waals surface area contributed by atoms with Crippen molar-refractivity contribution in [3.05, 3.63) is 30.5 Å². The number of urea groups is 1. The first-order valence-electron chi connectivity index (χ1n) is 6.95. The number of hydrogen-bond donors (Lipinski definition) is 2. The normalized spacial score (nSPS) is 12.2. The summed E-state index contributed by atoms with van der Waals surface area (Å²) in [5.41, 5.74) is 1.58. The molecule has 0 aliphatic carbocycles. The molecule has 2 aromatic rings. The lowest BCUT2D eigenvalue weighted by Gasteiger charge is -2.13. The van der Waals surface area contributed by atoms with Crippen LogP contribution in [0.2, 0.25) is 0 Å². The SMILES string of the molecule is CC(C)NC(=O)NC(=O)[C@@H](C)Sc1cnc2ccccc2n1. The van der Waals surface area contributed by atoms with Gasteiger partial charge in [-0.1, -0.05) is 23.9 Å². The first-order valence-corrected chi connectivity index (χ1v) is 7.83. The van der Waals surface area contributed by atoms with Gasteiger partial charge in [0.2, 0.25) is 5.91 Å². The van der Waals surface area contributed by atoms with Gasteiger partial charge in [-0.3, -0.25) is 15.1 Å². The van der Waals surface area contributed by atoms with E-state index in [2.05, 4.69) is 20.6 Å². The van der Waals surface area contributed by atoms with E-state index in [1.165, 1.54) is 11.8 Å². The van der Waals surface area contributed by atoms with Crippen LogP contribution in [-0.4, -0.2) is 33.2 Å². The van der Waals surface area contributed by atoms with Gasteiger partial charge in [-0.15, -0.1) is 0 Å². The second-order valence-corrected chi connectivity index (χ2v) is 6.44. The molecule has 0 unspecified atom stereocenters. The highest BCUT2D eigenvalue weighted by molar-refractivity contribution is 8.00. The van der Waals surface area contributed by atoms with Crippen LogP contribution in [0.5, 0.6) is 0 Å². The standard InChI is InChI=1S/C15H18N4O2S/c1-9(2)17-15(21)19-14(20)10(3)22-13-8-16-11-6-4-5-7-12(11)18-13/h4-10H,1-3H3,(H2,17,19,20,21)/t10-/m1/s1. The molecule has 1 heterocycles. The molecule has 0 fully saturated rings. The van der Waals surface area contributed by atoms with Crippen molar-refractivity contribution in [1.29, 1.82) is 0 Å². The average molecular weight is 318 g/mol. The molecule has 1 aromatic carbocycles. The highest BCUT2D eigenvalue weighted by Gasteiger charge is 2.18. The highest BCUT2D eigenvalue weighted by atomic mass is 32.2. The minimum atomic E-state index is -0.489. The Bertz CT molecular complexity index is 690. The van der Waals surface area contributed by atoms with E-state index in [0.29, 0.717) is 5.03 Å². The van der Waals surface area contributed by atoms with E-state index in [4.69, 9.17) is 0 Å². The molecule has 116 valence electrons. The fourth-order valence-electron chi connectivity index (χ4n) is 1.74. The van der Waals surface area contributed by atoms with Crippen LogP contribution in [0.25, 0.3) is 11.0 Å². The molecule has 0 radical (unpaired) electrons. The first-order chi connectivity index (χ1) is 10.5. The Balaban J connectivity index is 1.99. The largest absolute Gasteiger partial charge is 0.336 e. The third kappa shape index (κ3) is 4.42. The summed E-state index contributed by atoms with van der Waals surface area (Å²) in [7, 11) is 0. The Morgan fingerprint density at radius 3 is 2.50 bits per heavy atom. The maximum absolute atomic E-state index is 12.0. The van der Waals surface area contributed by atoms with Crippen molar-refractivity contribution in [1.82, 2.24) is 20.6 Å². The van der Waals surface area contributed by atoms with Gasteiger partial charge in [0.1, 0.15) is 5.03 Å². The van der Waals surface area contributed by atoms with Crippen LogP contribution in [0.15, 0.2) is 35.5 Å². The third-order valence-electron chi connectivity index (χ3n) is 2.75. The number of rotatable bonds is 4. The van der Waals surface area contributed by atoms with E-state index < -0.39 is 11.3 Å². The molecule has 6 nitrogen and oxygen atoms in total. The number of aromatic nitrogens is 2. The van der Waals surface area contributed by atoms with E-state index in [1.807, 2.05) is 38.1 Å². The van der Waals surface area contributed by atoms with Gasteiger partial charge in [0.05, 0.1) is 22.5 Å². The van der Waals surface area contributed by atoms with Crippen molar-refractivity contribution >= 4 is 34.7 Å². The van der Waals surface area contributed by atoms with Crippen LogP contribution in [-0.2, 0) is 4.79 Å². The molecule has 0 saturated carbocycles. The van der Waals surface area contributed by atoms with Gasteiger partial charge >= 0.3 is 6.03 Å². The van der Waals surface area contributed by atoms with E-state index >= 15 is 0 Å². The number of imide groups is 1. The zero-order valence-electron chi connectivity index (χ0n) is 12.7. The molecule has 0 aliphatic rings. The number of carbonyl (C=O) groups is 2. The van der Waals surface area contributed by atoms with Crippen LogP contribution < -0.4 is 10.6 Å². The molecule has 0 spiro atoms. The van der Waals surface area contributed by atoms with Crippen LogP contribution in [0.1, 0.15) is 20.8 Å². The summed E-state index contributed by atoms with van der Waals surface area (Å²) < 4.78 is 0. The number of hydrogen-bond acceptors (Lipinski definition) is 5. The van der Waals surface area contributed by atoms with E-state index in [0.717, 1.165) is 11.0 Å². The molecular formula is C15H18N4O2S. The quantitative estimate of drug-likeness (QED) is 0.845. The summed E-state index contributed by atoms with van der Waals surface area (Å²) in [4.78, 5) is 32.2.